The second-order valence-corrected chi connectivity index (χ2v) is 8.99. The van der Waals surface area contributed by atoms with Crippen molar-refractivity contribution in [2.75, 3.05) is 37.7 Å². The van der Waals surface area contributed by atoms with Crippen molar-refractivity contribution < 1.29 is 4.74 Å². The number of aryl methyl sites for hydroxylation is 2. The highest BCUT2D eigenvalue weighted by Gasteiger charge is 2.26. The first-order valence-electron chi connectivity index (χ1n) is 10.3. The van der Waals surface area contributed by atoms with Crippen molar-refractivity contribution in [2.24, 2.45) is 7.05 Å². The summed E-state index contributed by atoms with van der Waals surface area (Å²) in [6.07, 6.45) is 3.02. The number of hydrogen-bond acceptors (Lipinski definition) is 6. The molecular weight excluding hydrogens is 352 g/mol. The summed E-state index contributed by atoms with van der Waals surface area (Å²) in [5.41, 5.74) is 4.92. The maximum Gasteiger partial charge on any atom is 0.133 e. The highest BCUT2D eigenvalue weighted by Crippen LogP contribution is 2.28. The Morgan fingerprint density at radius 3 is 2.61 bits per heavy atom. The first kappa shape index (κ1) is 19.3. The van der Waals surface area contributed by atoms with Gasteiger partial charge in [-0.15, -0.1) is 0 Å². The van der Waals surface area contributed by atoms with E-state index in [-0.39, 0.29) is 5.41 Å². The minimum absolute atomic E-state index is 0.00789. The molecule has 0 spiro atoms. The standard InChI is InChI=1S/C21H32N6O/c1-15-17(19(25(5)24-15)27-8-10-28-11-9-27)14-26-7-6-18-16(13-26)12-22-20(23-18)21(2,3)4/h12H,6-11,13-14H2,1-5H3. The van der Waals surface area contributed by atoms with Gasteiger partial charge in [-0.3, -0.25) is 9.58 Å². The van der Waals surface area contributed by atoms with Crippen molar-refractivity contribution in [1.82, 2.24) is 24.6 Å². The van der Waals surface area contributed by atoms with Crippen molar-refractivity contribution in [2.45, 2.75) is 52.6 Å². The lowest BCUT2D eigenvalue weighted by atomic mass is 9.95. The second-order valence-electron chi connectivity index (χ2n) is 8.99. The molecule has 0 saturated carbocycles. The SMILES string of the molecule is Cc1nn(C)c(N2CCOCC2)c1CN1CCc2nc(C(C)(C)C)ncc2C1. The smallest absolute Gasteiger partial charge is 0.133 e. The van der Waals surface area contributed by atoms with E-state index >= 15 is 0 Å². The molecule has 4 rings (SSSR count). The number of morpholine rings is 1. The van der Waals surface area contributed by atoms with Crippen molar-refractivity contribution >= 4 is 5.82 Å². The van der Waals surface area contributed by atoms with E-state index in [1.807, 2.05) is 10.9 Å². The van der Waals surface area contributed by atoms with E-state index in [9.17, 15) is 0 Å². The fourth-order valence-electron chi connectivity index (χ4n) is 4.14. The van der Waals surface area contributed by atoms with Crippen molar-refractivity contribution in [3.63, 3.8) is 0 Å². The van der Waals surface area contributed by atoms with Crippen molar-refractivity contribution in [1.29, 1.82) is 0 Å². The summed E-state index contributed by atoms with van der Waals surface area (Å²) < 4.78 is 7.57. The van der Waals surface area contributed by atoms with Crippen LogP contribution in [0.3, 0.4) is 0 Å². The molecule has 0 unspecified atom stereocenters. The summed E-state index contributed by atoms with van der Waals surface area (Å²) in [4.78, 5) is 14.4. The minimum Gasteiger partial charge on any atom is -0.378 e. The van der Waals surface area contributed by atoms with E-state index in [2.05, 4.69) is 49.5 Å². The summed E-state index contributed by atoms with van der Waals surface area (Å²) in [6.45, 7) is 14.9. The molecule has 28 heavy (non-hydrogen) atoms. The Hall–Kier alpha value is -1.99. The fraction of sp³-hybridized carbons (Fsp3) is 0.667. The zero-order valence-corrected chi connectivity index (χ0v) is 17.8. The average molecular weight is 385 g/mol. The van der Waals surface area contributed by atoms with E-state index < -0.39 is 0 Å². The number of nitrogens with zero attached hydrogens (tertiary/aromatic N) is 6. The van der Waals surface area contributed by atoms with E-state index in [1.165, 1.54) is 22.6 Å². The lowest BCUT2D eigenvalue weighted by molar-refractivity contribution is 0.122. The van der Waals surface area contributed by atoms with Crippen LogP contribution in [0.25, 0.3) is 0 Å². The lowest BCUT2D eigenvalue weighted by Crippen LogP contribution is -2.38. The zero-order valence-electron chi connectivity index (χ0n) is 17.8. The molecule has 7 nitrogen and oxygen atoms in total. The molecule has 0 bridgehead atoms. The van der Waals surface area contributed by atoms with Crippen LogP contribution in [-0.4, -0.2) is 57.5 Å². The normalized spacial score (nSPS) is 18.4. The Labute approximate surface area is 167 Å². The topological polar surface area (TPSA) is 59.3 Å². The summed E-state index contributed by atoms with van der Waals surface area (Å²) >= 11 is 0. The molecule has 152 valence electrons. The van der Waals surface area contributed by atoms with Gasteiger partial charge in [-0.2, -0.15) is 5.10 Å². The molecule has 0 aromatic carbocycles. The van der Waals surface area contributed by atoms with Crippen LogP contribution >= 0.6 is 0 Å². The van der Waals surface area contributed by atoms with Gasteiger partial charge in [-0.05, 0) is 6.92 Å². The van der Waals surface area contributed by atoms with Crippen LogP contribution in [0.15, 0.2) is 6.20 Å². The molecule has 0 radical (unpaired) electrons. The van der Waals surface area contributed by atoms with Crippen LogP contribution < -0.4 is 4.90 Å². The Balaban J connectivity index is 1.53. The number of rotatable bonds is 3. The largest absolute Gasteiger partial charge is 0.378 e. The average Bonchev–Trinajstić information content (AvgIpc) is 2.94. The van der Waals surface area contributed by atoms with Gasteiger partial charge in [0.25, 0.3) is 0 Å². The third-order valence-electron chi connectivity index (χ3n) is 5.69. The summed E-state index contributed by atoms with van der Waals surface area (Å²) in [7, 11) is 2.05. The molecule has 0 N–H and O–H groups in total. The van der Waals surface area contributed by atoms with Gasteiger partial charge in [0, 0.05) is 74.6 Å². The molecule has 2 aliphatic heterocycles. The maximum atomic E-state index is 5.53. The third-order valence-corrected chi connectivity index (χ3v) is 5.69. The van der Waals surface area contributed by atoms with Crippen molar-refractivity contribution in [3.8, 4) is 0 Å². The summed E-state index contributed by atoms with van der Waals surface area (Å²) in [5, 5.41) is 4.72. The summed E-state index contributed by atoms with van der Waals surface area (Å²) in [6, 6.07) is 0. The number of aromatic nitrogens is 4. The van der Waals surface area contributed by atoms with Gasteiger partial charge in [0.2, 0.25) is 0 Å². The molecule has 0 amide bonds. The van der Waals surface area contributed by atoms with Crippen LogP contribution in [0.4, 0.5) is 5.82 Å². The Morgan fingerprint density at radius 1 is 1.14 bits per heavy atom. The number of anilines is 1. The molecule has 4 heterocycles. The monoisotopic (exact) mass is 384 g/mol. The predicted octanol–water partition coefficient (Wildman–Crippen LogP) is 2.21. The van der Waals surface area contributed by atoms with Gasteiger partial charge >= 0.3 is 0 Å². The van der Waals surface area contributed by atoms with E-state index in [1.54, 1.807) is 0 Å². The molecule has 2 aliphatic rings. The Morgan fingerprint density at radius 2 is 1.89 bits per heavy atom. The van der Waals surface area contributed by atoms with Crippen LogP contribution in [0, 0.1) is 6.92 Å². The zero-order chi connectivity index (χ0) is 19.9. The van der Waals surface area contributed by atoms with Gasteiger partial charge in [-0.25, -0.2) is 9.97 Å². The Bertz CT molecular complexity index is 847. The number of fused-ring (bicyclic) bond motifs is 1. The van der Waals surface area contributed by atoms with Gasteiger partial charge in [0.1, 0.15) is 11.6 Å². The molecule has 7 heteroatoms. The maximum absolute atomic E-state index is 5.53. The molecular formula is C21H32N6O. The molecule has 0 atom stereocenters. The van der Waals surface area contributed by atoms with E-state index in [0.29, 0.717) is 0 Å². The van der Waals surface area contributed by atoms with Crippen LogP contribution in [-0.2, 0) is 36.7 Å². The van der Waals surface area contributed by atoms with Crippen molar-refractivity contribution in [3.05, 3.63) is 34.5 Å². The number of hydrogen-bond donors (Lipinski definition) is 0. The van der Waals surface area contributed by atoms with Gasteiger partial charge in [0.05, 0.1) is 18.9 Å². The predicted molar refractivity (Wildman–Crippen MR) is 110 cm³/mol. The van der Waals surface area contributed by atoms with E-state index in [0.717, 1.165) is 63.9 Å². The molecule has 2 aromatic rings. The first-order valence-corrected chi connectivity index (χ1v) is 10.3. The van der Waals surface area contributed by atoms with E-state index in [4.69, 9.17) is 14.8 Å². The fourth-order valence-corrected chi connectivity index (χ4v) is 4.14. The first-order chi connectivity index (χ1) is 13.3. The van der Waals surface area contributed by atoms with Crippen LogP contribution in [0.1, 0.15) is 49.1 Å². The summed E-state index contributed by atoms with van der Waals surface area (Å²) in [5.74, 6) is 2.18. The molecule has 2 aromatic heterocycles. The number of ether oxygens (including phenoxy) is 1. The molecule has 1 fully saturated rings. The Kier molecular flexibility index (Phi) is 5.14. The lowest BCUT2D eigenvalue weighted by Gasteiger charge is -2.32. The van der Waals surface area contributed by atoms with Gasteiger partial charge < -0.3 is 9.64 Å². The second kappa shape index (κ2) is 7.44. The van der Waals surface area contributed by atoms with Crippen LogP contribution in [0.5, 0.6) is 0 Å². The van der Waals surface area contributed by atoms with Crippen LogP contribution in [0.2, 0.25) is 0 Å². The third kappa shape index (κ3) is 3.78. The quantitative estimate of drug-likeness (QED) is 0.809. The van der Waals surface area contributed by atoms with Gasteiger partial charge in [0.15, 0.2) is 0 Å². The minimum atomic E-state index is -0.00789. The molecule has 1 saturated heterocycles. The highest BCUT2D eigenvalue weighted by molar-refractivity contribution is 5.50. The highest BCUT2D eigenvalue weighted by atomic mass is 16.5. The molecule has 0 aliphatic carbocycles. The van der Waals surface area contributed by atoms with Gasteiger partial charge in [-0.1, -0.05) is 20.8 Å².